The van der Waals surface area contributed by atoms with Crippen LogP contribution in [0.3, 0.4) is 0 Å². The van der Waals surface area contributed by atoms with Gasteiger partial charge in [0.1, 0.15) is 5.70 Å². The molecule has 2 aliphatic heterocycles. The molecule has 1 aromatic carbocycles. The molecule has 8 nitrogen and oxygen atoms in total. The largest absolute Gasteiger partial charge is 0.393 e. The predicted octanol–water partition coefficient (Wildman–Crippen LogP) is 1.43. The second-order valence-electron chi connectivity index (χ2n) is 6.85. The third-order valence-electron chi connectivity index (χ3n) is 4.88. The van der Waals surface area contributed by atoms with Gasteiger partial charge in [-0.15, -0.1) is 0 Å². The van der Waals surface area contributed by atoms with E-state index in [0.717, 1.165) is 5.56 Å². The molecule has 1 aromatic rings. The molecular weight excluding hydrogens is 462 g/mol. The molecule has 10 heteroatoms. The number of nitrogens with one attached hydrogen (secondary N) is 1. The van der Waals surface area contributed by atoms with E-state index in [9.17, 15) is 14.4 Å². The van der Waals surface area contributed by atoms with Crippen molar-refractivity contribution in [3.63, 3.8) is 0 Å². The molecule has 3 N–H and O–H groups in total. The van der Waals surface area contributed by atoms with Crippen molar-refractivity contribution in [2.24, 2.45) is 10.7 Å². The lowest BCUT2D eigenvalue weighted by Gasteiger charge is -2.34. The molecule has 2 aliphatic rings. The van der Waals surface area contributed by atoms with Gasteiger partial charge in [-0.25, -0.2) is 0 Å². The van der Waals surface area contributed by atoms with Gasteiger partial charge in [-0.05, 0) is 33.6 Å². The molecule has 29 heavy (non-hydrogen) atoms. The first-order valence-electron chi connectivity index (χ1n) is 9.04. The number of halogens is 2. The first-order chi connectivity index (χ1) is 13.8. The lowest BCUT2D eigenvalue weighted by Crippen LogP contribution is -2.51. The standard InChI is InChI=1S/C19H21BrClN5O3/c1-23-9-13(20)18(22)19(29)26-4-2-25(3-5-26)10-16(27)12-6-11-7-17(28)24-15(11)8-14(12)21/h6,8-9H,2-5,7,10,22H2,1H3,(H,24,28). The zero-order chi connectivity index (χ0) is 21.1. The minimum Gasteiger partial charge on any atom is -0.393 e. The first-order valence-corrected chi connectivity index (χ1v) is 10.2. The number of hydrogen-bond donors (Lipinski definition) is 2. The Morgan fingerprint density at radius 2 is 2.00 bits per heavy atom. The van der Waals surface area contributed by atoms with Crippen molar-refractivity contribution in [2.75, 3.05) is 45.1 Å². The van der Waals surface area contributed by atoms with Gasteiger partial charge in [0.05, 0.1) is 22.5 Å². The van der Waals surface area contributed by atoms with E-state index in [4.69, 9.17) is 17.3 Å². The van der Waals surface area contributed by atoms with Gasteiger partial charge < -0.3 is 16.0 Å². The fraction of sp³-hybridized carbons (Fsp3) is 0.368. The van der Waals surface area contributed by atoms with Crippen molar-refractivity contribution in [2.45, 2.75) is 6.42 Å². The molecule has 154 valence electrons. The average Bonchev–Trinajstić information content (AvgIpc) is 3.05. The van der Waals surface area contributed by atoms with E-state index in [1.54, 1.807) is 24.1 Å². The van der Waals surface area contributed by atoms with E-state index >= 15 is 0 Å². The number of benzene rings is 1. The van der Waals surface area contributed by atoms with Crippen LogP contribution in [0.2, 0.25) is 5.02 Å². The van der Waals surface area contributed by atoms with E-state index < -0.39 is 0 Å². The Kier molecular flexibility index (Phi) is 6.71. The molecule has 0 atom stereocenters. The second kappa shape index (κ2) is 9.06. The molecule has 0 bridgehead atoms. The second-order valence-corrected chi connectivity index (χ2v) is 8.12. The zero-order valence-corrected chi connectivity index (χ0v) is 18.2. The normalized spacial score (nSPS) is 17.9. The molecule has 0 saturated carbocycles. The summed E-state index contributed by atoms with van der Waals surface area (Å²) in [5, 5.41) is 3.04. The molecule has 0 spiro atoms. The van der Waals surface area contributed by atoms with Crippen molar-refractivity contribution >= 4 is 57.0 Å². The number of amides is 2. The zero-order valence-electron chi connectivity index (χ0n) is 15.9. The lowest BCUT2D eigenvalue weighted by molar-refractivity contribution is -0.128. The van der Waals surface area contributed by atoms with Crippen molar-refractivity contribution in [1.82, 2.24) is 9.80 Å². The Hall–Kier alpha value is -2.23. The Morgan fingerprint density at radius 3 is 2.66 bits per heavy atom. The van der Waals surface area contributed by atoms with E-state index in [0.29, 0.717) is 46.9 Å². The Balaban J connectivity index is 1.60. The Bertz CT molecular complexity index is 923. The number of carbonyl (C=O) groups is 3. The fourth-order valence-corrected chi connectivity index (χ4v) is 3.96. The van der Waals surface area contributed by atoms with Crippen LogP contribution in [0.5, 0.6) is 0 Å². The molecule has 0 unspecified atom stereocenters. The maximum Gasteiger partial charge on any atom is 0.271 e. The van der Waals surface area contributed by atoms with E-state index in [1.165, 1.54) is 6.21 Å². The number of nitrogens with two attached hydrogens (primary N) is 1. The summed E-state index contributed by atoms with van der Waals surface area (Å²) < 4.78 is 0.446. The number of fused-ring (bicyclic) bond motifs is 1. The number of hydrogen-bond acceptors (Lipinski definition) is 6. The molecule has 0 radical (unpaired) electrons. The van der Waals surface area contributed by atoms with Gasteiger partial charge in [-0.1, -0.05) is 11.6 Å². The number of anilines is 1. The van der Waals surface area contributed by atoms with Crippen molar-refractivity contribution < 1.29 is 14.4 Å². The molecule has 1 fully saturated rings. The number of rotatable bonds is 5. The average molecular weight is 483 g/mol. The van der Waals surface area contributed by atoms with Crippen LogP contribution in [0.25, 0.3) is 0 Å². The highest BCUT2D eigenvalue weighted by molar-refractivity contribution is 9.12. The highest BCUT2D eigenvalue weighted by Gasteiger charge is 2.26. The summed E-state index contributed by atoms with van der Waals surface area (Å²) in [4.78, 5) is 44.2. The number of ketones is 1. The van der Waals surface area contributed by atoms with Crippen molar-refractivity contribution in [3.8, 4) is 0 Å². The van der Waals surface area contributed by atoms with Crippen LogP contribution in [-0.4, -0.2) is 73.4 Å². The molecule has 1 saturated heterocycles. The number of carbonyl (C=O) groups excluding carboxylic acids is 3. The first kappa shape index (κ1) is 21.5. The topological polar surface area (TPSA) is 108 Å². The highest BCUT2D eigenvalue weighted by atomic mass is 79.9. The summed E-state index contributed by atoms with van der Waals surface area (Å²) >= 11 is 9.48. The van der Waals surface area contributed by atoms with Crippen LogP contribution in [0, 0.1) is 0 Å². The number of piperazine rings is 1. The molecule has 2 heterocycles. The molecular formula is C19H21BrClN5O3. The van der Waals surface area contributed by atoms with Crippen LogP contribution in [0.1, 0.15) is 15.9 Å². The number of nitrogens with zero attached hydrogens (tertiary/aromatic N) is 3. The summed E-state index contributed by atoms with van der Waals surface area (Å²) in [6, 6.07) is 3.31. The summed E-state index contributed by atoms with van der Waals surface area (Å²) in [6.07, 6.45) is 1.73. The van der Waals surface area contributed by atoms with E-state index in [2.05, 4.69) is 26.2 Å². The van der Waals surface area contributed by atoms with Gasteiger partial charge in [0.25, 0.3) is 5.91 Å². The number of aliphatic imine (C=N–C) groups is 1. The summed E-state index contributed by atoms with van der Waals surface area (Å²) in [5.41, 5.74) is 7.84. The summed E-state index contributed by atoms with van der Waals surface area (Å²) in [6.45, 7) is 2.22. The van der Waals surface area contributed by atoms with Gasteiger partial charge in [-0.3, -0.25) is 24.3 Å². The predicted molar refractivity (Wildman–Crippen MR) is 116 cm³/mol. The summed E-state index contributed by atoms with van der Waals surface area (Å²) in [5.74, 6) is -0.480. The van der Waals surface area contributed by atoms with Gasteiger partial charge in [0.15, 0.2) is 5.78 Å². The quantitative estimate of drug-likeness (QED) is 0.375. The lowest BCUT2D eigenvalue weighted by atomic mass is 10.0. The van der Waals surface area contributed by atoms with Gasteiger partial charge >= 0.3 is 0 Å². The Morgan fingerprint density at radius 1 is 1.31 bits per heavy atom. The highest BCUT2D eigenvalue weighted by Crippen LogP contribution is 2.30. The molecule has 0 aromatic heterocycles. The van der Waals surface area contributed by atoms with E-state index in [-0.39, 0.29) is 36.3 Å². The third-order valence-corrected chi connectivity index (χ3v) is 5.82. The monoisotopic (exact) mass is 481 g/mol. The SMILES string of the molecule is CN=CC(Br)=C(N)C(=O)N1CCN(CC(=O)c2cc3c(cc2Cl)NC(=O)C3)CC1. The van der Waals surface area contributed by atoms with Crippen LogP contribution < -0.4 is 11.1 Å². The minimum atomic E-state index is -0.262. The van der Waals surface area contributed by atoms with Gasteiger partial charge in [0.2, 0.25) is 5.91 Å². The van der Waals surface area contributed by atoms with E-state index in [1.807, 2.05) is 4.90 Å². The number of Topliss-reactive ketones (excluding diaryl/α,β-unsaturated/α-hetero) is 1. The van der Waals surface area contributed by atoms with Crippen LogP contribution >= 0.6 is 27.5 Å². The van der Waals surface area contributed by atoms with Crippen LogP contribution in [0.15, 0.2) is 27.3 Å². The van der Waals surface area contributed by atoms with Crippen LogP contribution in [0.4, 0.5) is 5.69 Å². The fourth-order valence-electron chi connectivity index (χ4n) is 3.31. The van der Waals surface area contributed by atoms with Crippen molar-refractivity contribution in [1.29, 1.82) is 0 Å². The third kappa shape index (κ3) is 4.85. The van der Waals surface area contributed by atoms with Gasteiger partial charge in [0, 0.05) is 50.7 Å². The molecule has 3 rings (SSSR count). The summed E-state index contributed by atoms with van der Waals surface area (Å²) in [7, 11) is 1.59. The van der Waals surface area contributed by atoms with Gasteiger partial charge in [-0.2, -0.15) is 0 Å². The Labute approximate surface area is 181 Å². The van der Waals surface area contributed by atoms with Crippen molar-refractivity contribution in [3.05, 3.63) is 38.5 Å². The van der Waals surface area contributed by atoms with Crippen LogP contribution in [-0.2, 0) is 16.0 Å². The minimum absolute atomic E-state index is 0.105. The maximum atomic E-state index is 12.7. The maximum absolute atomic E-state index is 12.7. The molecule has 0 aliphatic carbocycles. The smallest absolute Gasteiger partial charge is 0.271 e. The molecule has 2 amide bonds. The number of allylic oxidation sites excluding steroid dienone is 1.